The highest BCUT2D eigenvalue weighted by Crippen LogP contribution is 2.40. The third-order valence-corrected chi connectivity index (χ3v) is 3.75. The molecule has 2 N–H and O–H groups in total. The van der Waals surface area contributed by atoms with Crippen molar-refractivity contribution in [3.8, 4) is 28.7 Å². The average molecular weight is 346 g/mol. The monoisotopic (exact) mass is 346 g/mol. The van der Waals surface area contributed by atoms with Crippen molar-refractivity contribution in [3.63, 3.8) is 0 Å². The molecular weight excluding hydrogens is 324 g/mol. The quantitative estimate of drug-likeness (QED) is 0.751. The minimum Gasteiger partial charge on any atom is -0.504 e. The Bertz CT molecular complexity index is 741. The molecule has 0 bridgehead atoms. The lowest BCUT2D eigenvalue weighted by Crippen LogP contribution is -1.98. The van der Waals surface area contributed by atoms with Crippen LogP contribution in [-0.2, 0) is 0 Å². The van der Waals surface area contributed by atoms with E-state index in [1.165, 1.54) is 28.4 Å². The van der Waals surface area contributed by atoms with Crippen LogP contribution in [0.15, 0.2) is 30.3 Å². The Kier molecular flexibility index (Phi) is 6.14. The van der Waals surface area contributed by atoms with Crippen molar-refractivity contribution in [1.29, 1.82) is 0 Å². The van der Waals surface area contributed by atoms with Gasteiger partial charge in [0, 0.05) is 0 Å². The van der Waals surface area contributed by atoms with E-state index in [4.69, 9.17) is 18.9 Å². The number of hydrogen-bond acceptors (Lipinski definition) is 6. The fourth-order valence-corrected chi connectivity index (χ4v) is 2.48. The summed E-state index contributed by atoms with van der Waals surface area (Å²) in [6, 6.07) is 8.52. The van der Waals surface area contributed by atoms with Gasteiger partial charge in [-0.25, -0.2) is 0 Å². The van der Waals surface area contributed by atoms with Crippen molar-refractivity contribution in [2.45, 2.75) is 0 Å². The lowest BCUT2D eigenvalue weighted by Gasteiger charge is -2.15. The summed E-state index contributed by atoms with van der Waals surface area (Å²) in [7, 11) is 6.08. The van der Waals surface area contributed by atoms with Crippen molar-refractivity contribution >= 4 is 11.6 Å². The zero-order valence-corrected chi connectivity index (χ0v) is 14.7. The first-order chi connectivity index (χ1) is 12.1. The standard InChI is InChI=1S/C19H22O6/c1-22-16-6-5-12(8-15(16)21)7-14(11-20)13-9-17(23-2)19(25-4)18(10-13)24-3/h5-10,20-21H,11H2,1-4H3/b14-7-. The SMILES string of the molecule is COc1ccc(/C=C(/CO)c2cc(OC)c(OC)c(OC)c2)cc1O. The number of methoxy groups -OCH3 is 4. The molecule has 2 aromatic carbocycles. The van der Waals surface area contributed by atoms with Crippen LogP contribution in [0.1, 0.15) is 11.1 Å². The van der Waals surface area contributed by atoms with Crippen LogP contribution in [0.2, 0.25) is 0 Å². The molecule has 0 atom stereocenters. The van der Waals surface area contributed by atoms with Gasteiger partial charge in [0.2, 0.25) is 5.75 Å². The van der Waals surface area contributed by atoms with Crippen LogP contribution in [0.25, 0.3) is 11.6 Å². The van der Waals surface area contributed by atoms with Crippen molar-refractivity contribution < 1.29 is 29.2 Å². The van der Waals surface area contributed by atoms with E-state index in [-0.39, 0.29) is 12.4 Å². The molecule has 0 unspecified atom stereocenters. The molecule has 0 saturated heterocycles. The second-order valence-corrected chi connectivity index (χ2v) is 5.17. The molecule has 0 amide bonds. The van der Waals surface area contributed by atoms with Crippen molar-refractivity contribution in [2.24, 2.45) is 0 Å². The molecule has 134 valence electrons. The van der Waals surface area contributed by atoms with Crippen LogP contribution in [0.5, 0.6) is 28.7 Å². The number of benzene rings is 2. The van der Waals surface area contributed by atoms with Crippen molar-refractivity contribution in [1.82, 2.24) is 0 Å². The highest BCUT2D eigenvalue weighted by molar-refractivity contribution is 5.84. The molecule has 6 heteroatoms. The summed E-state index contributed by atoms with van der Waals surface area (Å²) in [4.78, 5) is 0. The Morgan fingerprint density at radius 1 is 0.880 bits per heavy atom. The maximum Gasteiger partial charge on any atom is 0.203 e. The van der Waals surface area contributed by atoms with E-state index in [0.29, 0.717) is 34.1 Å². The summed E-state index contributed by atoms with van der Waals surface area (Å²) >= 11 is 0. The summed E-state index contributed by atoms with van der Waals surface area (Å²) < 4.78 is 21.0. The summed E-state index contributed by atoms with van der Waals surface area (Å²) in [5, 5.41) is 19.7. The van der Waals surface area contributed by atoms with E-state index >= 15 is 0 Å². The smallest absolute Gasteiger partial charge is 0.203 e. The van der Waals surface area contributed by atoms with Gasteiger partial charge in [-0.1, -0.05) is 6.07 Å². The van der Waals surface area contributed by atoms with E-state index in [1.807, 2.05) is 0 Å². The molecule has 0 fully saturated rings. The number of ether oxygens (including phenoxy) is 4. The van der Waals surface area contributed by atoms with Gasteiger partial charge < -0.3 is 29.2 Å². The molecule has 0 saturated carbocycles. The number of rotatable bonds is 7. The van der Waals surface area contributed by atoms with Crippen LogP contribution in [0.4, 0.5) is 0 Å². The highest BCUT2D eigenvalue weighted by Gasteiger charge is 2.15. The minimum absolute atomic E-state index is 0.0263. The number of hydrogen-bond donors (Lipinski definition) is 2. The maximum atomic E-state index is 9.91. The van der Waals surface area contributed by atoms with Gasteiger partial charge in [-0.3, -0.25) is 0 Å². The summed E-state index contributed by atoms with van der Waals surface area (Å²) in [6.07, 6.45) is 1.76. The zero-order chi connectivity index (χ0) is 18.4. The summed E-state index contributed by atoms with van der Waals surface area (Å²) in [5.74, 6) is 1.88. The number of phenols is 1. The van der Waals surface area contributed by atoms with E-state index in [1.54, 1.807) is 36.4 Å². The Balaban J connectivity index is 2.51. The third kappa shape index (κ3) is 3.97. The van der Waals surface area contributed by atoms with Crippen molar-refractivity contribution in [3.05, 3.63) is 41.5 Å². The molecular formula is C19H22O6. The summed E-state index contributed by atoms with van der Waals surface area (Å²) in [6.45, 7) is -0.203. The minimum atomic E-state index is -0.203. The van der Waals surface area contributed by atoms with E-state index < -0.39 is 0 Å². The average Bonchev–Trinajstić information content (AvgIpc) is 2.64. The highest BCUT2D eigenvalue weighted by atomic mass is 16.5. The van der Waals surface area contributed by atoms with E-state index in [9.17, 15) is 10.2 Å². The molecule has 0 spiro atoms. The topological polar surface area (TPSA) is 77.4 Å². The van der Waals surface area contributed by atoms with Crippen LogP contribution in [0.3, 0.4) is 0 Å². The van der Waals surface area contributed by atoms with Gasteiger partial charge in [0.15, 0.2) is 23.0 Å². The Morgan fingerprint density at radius 3 is 1.92 bits per heavy atom. The first-order valence-electron chi connectivity index (χ1n) is 7.56. The number of aromatic hydroxyl groups is 1. The molecule has 0 aromatic heterocycles. The van der Waals surface area contributed by atoms with Gasteiger partial charge in [0.25, 0.3) is 0 Å². The second kappa shape index (κ2) is 8.30. The van der Waals surface area contributed by atoms with Gasteiger partial charge >= 0.3 is 0 Å². The fourth-order valence-electron chi connectivity index (χ4n) is 2.48. The predicted octanol–water partition coefficient (Wildman–Crippen LogP) is 2.96. The Morgan fingerprint density at radius 2 is 1.48 bits per heavy atom. The van der Waals surface area contributed by atoms with E-state index in [0.717, 1.165) is 5.56 Å². The van der Waals surface area contributed by atoms with Gasteiger partial charge in [-0.2, -0.15) is 0 Å². The number of phenolic OH excluding ortho intramolecular Hbond substituents is 1. The van der Waals surface area contributed by atoms with Crippen LogP contribution in [0, 0.1) is 0 Å². The van der Waals surface area contributed by atoms with E-state index in [2.05, 4.69) is 0 Å². The fraction of sp³-hybridized carbons (Fsp3) is 0.263. The largest absolute Gasteiger partial charge is 0.504 e. The molecule has 0 aliphatic rings. The lowest BCUT2D eigenvalue weighted by molar-refractivity contribution is 0.323. The summed E-state index contributed by atoms with van der Waals surface area (Å²) in [5.41, 5.74) is 2.06. The lowest BCUT2D eigenvalue weighted by atomic mass is 10.0. The maximum absolute atomic E-state index is 9.91. The third-order valence-electron chi connectivity index (χ3n) is 3.75. The molecule has 0 aliphatic carbocycles. The molecule has 0 radical (unpaired) electrons. The Hall–Kier alpha value is -2.86. The normalized spacial score (nSPS) is 11.2. The van der Waals surface area contributed by atoms with Crippen LogP contribution in [-0.4, -0.2) is 45.3 Å². The Labute approximate surface area is 146 Å². The molecule has 2 rings (SSSR count). The molecule has 6 nitrogen and oxygen atoms in total. The number of aliphatic hydroxyl groups is 1. The van der Waals surface area contributed by atoms with Gasteiger partial charge in [-0.15, -0.1) is 0 Å². The van der Waals surface area contributed by atoms with Crippen LogP contribution >= 0.6 is 0 Å². The second-order valence-electron chi connectivity index (χ2n) is 5.17. The zero-order valence-electron chi connectivity index (χ0n) is 14.7. The van der Waals surface area contributed by atoms with Crippen LogP contribution < -0.4 is 18.9 Å². The number of aliphatic hydroxyl groups excluding tert-OH is 1. The van der Waals surface area contributed by atoms with Crippen molar-refractivity contribution in [2.75, 3.05) is 35.0 Å². The molecule has 0 heterocycles. The molecule has 2 aromatic rings. The van der Waals surface area contributed by atoms with Gasteiger partial charge in [0.1, 0.15) is 0 Å². The first-order valence-corrected chi connectivity index (χ1v) is 7.56. The molecule has 25 heavy (non-hydrogen) atoms. The predicted molar refractivity (Wildman–Crippen MR) is 95.7 cm³/mol. The molecule has 0 aliphatic heterocycles. The van der Waals surface area contributed by atoms with Gasteiger partial charge in [0.05, 0.1) is 35.0 Å². The first kappa shape index (κ1) is 18.5. The van der Waals surface area contributed by atoms with Gasteiger partial charge in [-0.05, 0) is 47.0 Å².